The van der Waals surface area contributed by atoms with Crippen LogP contribution >= 0.6 is 39.1 Å². The number of nitrogens with zero attached hydrogens (tertiary/aromatic N) is 3. The van der Waals surface area contributed by atoms with E-state index in [9.17, 15) is 8.78 Å². The van der Waals surface area contributed by atoms with Crippen molar-refractivity contribution in [3.63, 3.8) is 0 Å². The number of halogens is 5. The number of ether oxygens (including phenoxy) is 1. The first-order chi connectivity index (χ1) is 10.8. The maximum Gasteiger partial charge on any atom is 0.388 e. The second-order valence-corrected chi connectivity index (χ2v) is 6.20. The van der Waals surface area contributed by atoms with Crippen molar-refractivity contribution in [1.29, 1.82) is 0 Å². The molecule has 0 bridgehead atoms. The fraction of sp³-hybridized carbons (Fsp3) is 0.231. The molecule has 2 aromatic heterocycles. The molecule has 23 heavy (non-hydrogen) atoms. The van der Waals surface area contributed by atoms with Crippen molar-refractivity contribution in [2.45, 2.75) is 13.5 Å². The van der Waals surface area contributed by atoms with Gasteiger partial charge in [0.25, 0.3) is 0 Å². The van der Waals surface area contributed by atoms with Crippen LogP contribution in [-0.2, 0) is 7.05 Å². The lowest BCUT2D eigenvalue weighted by atomic mass is 10.1. The van der Waals surface area contributed by atoms with Crippen molar-refractivity contribution in [2.75, 3.05) is 0 Å². The molecule has 5 nitrogen and oxygen atoms in total. The minimum Gasteiger partial charge on any atom is -0.439 e. The van der Waals surface area contributed by atoms with E-state index < -0.39 is 6.61 Å². The van der Waals surface area contributed by atoms with E-state index in [0.29, 0.717) is 33.3 Å². The lowest BCUT2D eigenvalue weighted by Gasteiger charge is -2.05. The average molecular weight is 427 g/mol. The van der Waals surface area contributed by atoms with Crippen molar-refractivity contribution >= 4 is 50.2 Å². The summed E-state index contributed by atoms with van der Waals surface area (Å²) >= 11 is 15.6. The summed E-state index contributed by atoms with van der Waals surface area (Å²) in [6, 6.07) is 1.49. The maximum absolute atomic E-state index is 12.5. The lowest BCUT2D eigenvalue weighted by molar-refractivity contribution is -0.0558. The summed E-state index contributed by atoms with van der Waals surface area (Å²) < 4.78 is 36.4. The van der Waals surface area contributed by atoms with Crippen LogP contribution in [-0.4, -0.2) is 21.4 Å². The van der Waals surface area contributed by atoms with E-state index in [1.54, 1.807) is 6.92 Å². The number of oxazole rings is 1. The third-order valence-electron chi connectivity index (χ3n) is 3.06. The Morgan fingerprint density at radius 1 is 1.35 bits per heavy atom. The largest absolute Gasteiger partial charge is 0.439 e. The zero-order chi connectivity index (χ0) is 16.9. The van der Waals surface area contributed by atoms with Gasteiger partial charge in [-0.2, -0.15) is 13.9 Å². The third-order valence-corrected chi connectivity index (χ3v) is 4.35. The van der Waals surface area contributed by atoms with Gasteiger partial charge in [0.1, 0.15) is 15.7 Å². The summed E-state index contributed by atoms with van der Waals surface area (Å²) in [6.07, 6.45) is 0. The summed E-state index contributed by atoms with van der Waals surface area (Å²) in [5.41, 5.74) is 1.44. The molecule has 2 heterocycles. The van der Waals surface area contributed by atoms with E-state index >= 15 is 0 Å². The summed E-state index contributed by atoms with van der Waals surface area (Å²) in [7, 11) is 1.47. The Hall–Kier alpha value is -1.38. The van der Waals surface area contributed by atoms with E-state index in [2.05, 4.69) is 30.7 Å². The Kier molecular flexibility index (Phi) is 4.24. The van der Waals surface area contributed by atoms with E-state index in [0.717, 1.165) is 0 Å². The van der Waals surface area contributed by atoms with E-state index in [1.807, 2.05) is 0 Å². The summed E-state index contributed by atoms with van der Waals surface area (Å²) in [5.74, 6) is 0.260. The van der Waals surface area contributed by atoms with Gasteiger partial charge in [0.05, 0.1) is 15.6 Å². The molecule has 0 unspecified atom stereocenters. The highest BCUT2D eigenvalue weighted by atomic mass is 79.9. The molecule has 0 spiro atoms. The van der Waals surface area contributed by atoms with Gasteiger partial charge in [-0.3, -0.25) is 0 Å². The molecule has 1 aromatic carbocycles. The van der Waals surface area contributed by atoms with Gasteiger partial charge >= 0.3 is 6.61 Å². The SMILES string of the molecule is Cc1nc2c(-c3nn(C)c(OC(F)F)c3Br)c(Cl)cc(Cl)c2o1. The standard InChI is InChI=1S/C13H8BrCl2F2N3O2/c1-4-19-10-7(5(15)3-6(16)11(10)22-4)9-8(14)12(21(2)20-9)23-13(17)18/h3,13H,1-2H3. The van der Waals surface area contributed by atoms with Crippen LogP contribution in [0.2, 0.25) is 10.0 Å². The predicted octanol–water partition coefficient (Wildman–Crippen LogP) is 5.21. The van der Waals surface area contributed by atoms with E-state index in [-0.39, 0.29) is 15.4 Å². The van der Waals surface area contributed by atoms with Crippen molar-refractivity contribution in [3.8, 4) is 17.1 Å². The summed E-state index contributed by atoms with van der Waals surface area (Å²) in [4.78, 5) is 4.26. The summed E-state index contributed by atoms with van der Waals surface area (Å²) in [6.45, 7) is -1.32. The molecule has 10 heteroatoms. The normalized spacial score (nSPS) is 11.7. The molecule has 3 aromatic rings. The fourth-order valence-electron chi connectivity index (χ4n) is 2.20. The van der Waals surface area contributed by atoms with Crippen molar-refractivity contribution in [3.05, 3.63) is 26.5 Å². The van der Waals surface area contributed by atoms with Gasteiger partial charge in [-0.1, -0.05) is 23.2 Å². The van der Waals surface area contributed by atoms with Crippen LogP contribution in [0, 0.1) is 6.92 Å². The van der Waals surface area contributed by atoms with Crippen molar-refractivity contribution in [2.24, 2.45) is 7.05 Å². The molecule has 0 radical (unpaired) electrons. The molecule has 0 aliphatic carbocycles. The van der Waals surface area contributed by atoms with Gasteiger partial charge in [-0.05, 0) is 22.0 Å². The van der Waals surface area contributed by atoms with Crippen LogP contribution in [0.25, 0.3) is 22.4 Å². The number of rotatable bonds is 3. The number of hydrogen-bond donors (Lipinski definition) is 0. The summed E-state index contributed by atoms with van der Waals surface area (Å²) in [5, 5.41) is 4.74. The molecular formula is C13H8BrCl2F2N3O2. The minimum absolute atomic E-state index is 0.130. The highest BCUT2D eigenvalue weighted by Crippen LogP contribution is 2.43. The van der Waals surface area contributed by atoms with Gasteiger partial charge in [-0.15, -0.1) is 0 Å². The number of aromatic nitrogens is 3. The van der Waals surface area contributed by atoms with Gasteiger partial charge in [0.15, 0.2) is 11.5 Å². The first-order valence-corrected chi connectivity index (χ1v) is 7.77. The fourth-order valence-corrected chi connectivity index (χ4v) is 3.41. The number of benzene rings is 1. The highest BCUT2D eigenvalue weighted by Gasteiger charge is 2.25. The molecule has 0 fully saturated rings. The van der Waals surface area contributed by atoms with Crippen LogP contribution in [0.1, 0.15) is 5.89 Å². The second kappa shape index (κ2) is 5.92. The molecule has 0 amide bonds. The van der Waals surface area contributed by atoms with Crippen molar-refractivity contribution < 1.29 is 17.9 Å². The van der Waals surface area contributed by atoms with E-state index in [4.69, 9.17) is 27.6 Å². The minimum atomic E-state index is -2.98. The predicted molar refractivity (Wildman–Crippen MR) is 85.3 cm³/mol. The lowest BCUT2D eigenvalue weighted by Crippen LogP contribution is -2.06. The number of aryl methyl sites for hydroxylation is 2. The van der Waals surface area contributed by atoms with Gasteiger partial charge in [0, 0.05) is 14.0 Å². The Morgan fingerprint density at radius 2 is 2.04 bits per heavy atom. The Bertz CT molecular complexity index is 911. The van der Waals surface area contributed by atoms with Crippen LogP contribution in [0.3, 0.4) is 0 Å². The van der Waals surface area contributed by atoms with Crippen molar-refractivity contribution in [1.82, 2.24) is 14.8 Å². The zero-order valence-electron chi connectivity index (χ0n) is 11.7. The maximum atomic E-state index is 12.5. The molecule has 0 saturated carbocycles. The number of fused-ring (bicyclic) bond motifs is 1. The number of alkyl halides is 2. The molecule has 3 rings (SSSR count). The highest BCUT2D eigenvalue weighted by molar-refractivity contribution is 9.10. The van der Waals surface area contributed by atoms with Gasteiger partial charge < -0.3 is 9.15 Å². The Morgan fingerprint density at radius 3 is 2.70 bits per heavy atom. The topological polar surface area (TPSA) is 53.1 Å². The van der Waals surface area contributed by atoms with Crippen LogP contribution in [0.5, 0.6) is 5.88 Å². The smallest absolute Gasteiger partial charge is 0.388 e. The van der Waals surface area contributed by atoms with Gasteiger partial charge in [-0.25, -0.2) is 9.67 Å². The van der Waals surface area contributed by atoms with E-state index in [1.165, 1.54) is 17.8 Å². The second-order valence-electron chi connectivity index (χ2n) is 4.60. The van der Waals surface area contributed by atoms with Crippen LogP contribution in [0.4, 0.5) is 8.78 Å². The molecule has 0 saturated heterocycles. The quantitative estimate of drug-likeness (QED) is 0.577. The monoisotopic (exact) mass is 425 g/mol. The molecular weight excluding hydrogens is 419 g/mol. The average Bonchev–Trinajstić information content (AvgIpc) is 2.95. The first kappa shape index (κ1) is 16.5. The molecule has 0 aliphatic rings. The third kappa shape index (κ3) is 2.79. The Balaban J connectivity index is 2.29. The Labute approximate surface area is 147 Å². The van der Waals surface area contributed by atoms with Crippen LogP contribution < -0.4 is 4.74 Å². The van der Waals surface area contributed by atoms with Crippen LogP contribution in [0.15, 0.2) is 15.0 Å². The molecule has 0 atom stereocenters. The zero-order valence-corrected chi connectivity index (χ0v) is 14.8. The first-order valence-electron chi connectivity index (χ1n) is 6.22. The molecule has 122 valence electrons. The number of hydrogen-bond acceptors (Lipinski definition) is 4. The molecule has 0 N–H and O–H groups in total. The van der Waals surface area contributed by atoms with Gasteiger partial charge in [0.2, 0.25) is 5.88 Å². The molecule has 0 aliphatic heterocycles.